The molecule has 1 saturated carbocycles. The van der Waals surface area contributed by atoms with Gasteiger partial charge in [0.2, 0.25) is 15.9 Å². The predicted molar refractivity (Wildman–Crippen MR) is 246 cm³/mol. The number of sulfonamides is 1. The molecule has 0 aromatic heterocycles. The number of carbonyl (C=O) groups is 2. The van der Waals surface area contributed by atoms with Crippen LogP contribution in [0, 0.1) is 35.0 Å². The molecule has 2 fully saturated rings. The minimum absolute atomic E-state index is 0.0702. The van der Waals surface area contributed by atoms with E-state index in [2.05, 4.69) is 43.1 Å². The standard InChI is InChI=1S/C47H72N6O9S/c1-29(38-21-30(2)47(38,4)5)25-48-46(58)43-41(31(3)56)40(28-55)62-53(43)26-33-17-14-18-37(44(33)61-9)34-22-35(24-36(23-34)52(8)19-20-54)45(57)49-39(27-51(6)7)42(50-63(10,59)60)32-15-12-11-13-16-32/h11-15,17-18,22-24,29-32,38-43,50,54-56H,16,19-21,25-28H2,1-10H3,(H,48,58)(H,49,57)/t29-,30+,31+,32?,38+,39-,40+,41-,42+,43+/m1/s1. The van der Waals surface area contributed by atoms with Gasteiger partial charge in [-0.25, -0.2) is 13.1 Å². The number of rotatable bonds is 21. The summed E-state index contributed by atoms with van der Waals surface area (Å²) in [7, 11) is 3.43. The minimum atomic E-state index is -3.66. The molecule has 2 aromatic carbocycles. The fourth-order valence-electron chi connectivity index (χ4n) is 9.76. The van der Waals surface area contributed by atoms with Gasteiger partial charge >= 0.3 is 0 Å². The number of carbonyl (C=O) groups excluding carboxylic acids is 2. The second kappa shape index (κ2) is 21.4. The first-order valence-electron chi connectivity index (χ1n) is 22.1. The first kappa shape index (κ1) is 50.1. The van der Waals surface area contributed by atoms with Gasteiger partial charge in [-0.05, 0) is 86.7 Å². The zero-order valence-corrected chi connectivity index (χ0v) is 39.6. The number of nitrogens with one attached hydrogen (secondary N) is 3. The van der Waals surface area contributed by atoms with Crippen molar-refractivity contribution in [2.24, 2.45) is 35.0 Å². The van der Waals surface area contributed by atoms with Gasteiger partial charge in [-0.15, -0.1) is 0 Å². The molecule has 1 aliphatic heterocycles. The van der Waals surface area contributed by atoms with Crippen molar-refractivity contribution in [2.75, 3.05) is 72.3 Å². The highest BCUT2D eigenvalue weighted by atomic mass is 32.2. The molecule has 6 N–H and O–H groups in total. The SMILES string of the molecule is COc1c(CN2O[C@@H](CO)[C@@H]([C@H](C)O)[C@H]2C(=O)NC[C@@H](C)[C@@H]2C[C@H](C)C2(C)C)cccc1-c1cc(C(=O)N[C@H](CN(C)C)[C@@H](NS(C)(=O)=O)C2C=CC=CC2)cc(N(C)CCO)c1. The molecule has 2 aromatic rings. The zero-order valence-electron chi connectivity index (χ0n) is 38.7. The highest BCUT2D eigenvalue weighted by Gasteiger charge is 2.51. The summed E-state index contributed by atoms with van der Waals surface area (Å²) in [6, 6.07) is 8.77. The molecule has 63 heavy (non-hydrogen) atoms. The largest absolute Gasteiger partial charge is 0.496 e. The Morgan fingerprint density at radius 3 is 2.40 bits per heavy atom. The van der Waals surface area contributed by atoms with Crippen LogP contribution in [-0.4, -0.2) is 143 Å². The molecule has 10 atom stereocenters. The number of hydrogen-bond donors (Lipinski definition) is 6. The van der Waals surface area contributed by atoms with Crippen LogP contribution in [0.4, 0.5) is 5.69 Å². The third kappa shape index (κ3) is 12.1. The second-order valence-corrected chi connectivity index (χ2v) is 20.6. The molecule has 1 unspecified atom stereocenters. The Hall–Kier alpha value is -3.87. The van der Waals surface area contributed by atoms with Crippen molar-refractivity contribution in [1.29, 1.82) is 0 Å². The van der Waals surface area contributed by atoms with Crippen molar-refractivity contribution in [3.8, 4) is 16.9 Å². The van der Waals surface area contributed by atoms with Crippen molar-refractivity contribution in [3.05, 3.63) is 71.8 Å². The van der Waals surface area contributed by atoms with E-state index in [-0.39, 0.29) is 42.9 Å². The Labute approximate surface area is 374 Å². The van der Waals surface area contributed by atoms with Crippen LogP contribution >= 0.6 is 0 Å². The summed E-state index contributed by atoms with van der Waals surface area (Å²) in [4.78, 5) is 38.6. The van der Waals surface area contributed by atoms with Crippen molar-refractivity contribution in [2.45, 2.75) is 84.3 Å². The number of methoxy groups -OCH3 is 1. The van der Waals surface area contributed by atoms with Crippen LogP contribution in [0.1, 0.15) is 63.4 Å². The Morgan fingerprint density at radius 1 is 1.10 bits per heavy atom. The van der Waals surface area contributed by atoms with E-state index in [1.165, 1.54) is 5.06 Å². The normalized spacial score (nSPS) is 25.2. The number of ether oxygens (including phenoxy) is 1. The van der Waals surface area contributed by atoms with Crippen LogP contribution in [0.25, 0.3) is 11.1 Å². The van der Waals surface area contributed by atoms with Gasteiger partial charge in [-0.1, -0.05) is 70.2 Å². The Kier molecular flexibility index (Phi) is 17.0. The highest BCUT2D eigenvalue weighted by Crippen LogP contribution is 2.54. The molecule has 0 spiro atoms. The number of aliphatic hydroxyl groups is 3. The van der Waals surface area contributed by atoms with Gasteiger partial charge in [0.15, 0.2) is 0 Å². The van der Waals surface area contributed by atoms with Gasteiger partial charge < -0.3 is 40.5 Å². The highest BCUT2D eigenvalue weighted by molar-refractivity contribution is 7.88. The fraction of sp³-hybridized carbons (Fsp3) is 0.617. The van der Waals surface area contributed by atoms with Crippen LogP contribution in [-0.2, 0) is 26.2 Å². The van der Waals surface area contributed by atoms with Gasteiger partial charge in [0.25, 0.3) is 5.91 Å². The fourth-order valence-corrected chi connectivity index (χ4v) is 10.6. The molecule has 5 rings (SSSR count). The lowest BCUT2D eigenvalue weighted by Crippen LogP contribution is -2.58. The van der Waals surface area contributed by atoms with Crippen LogP contribution in [0.15, 0.2) is 60.7 Å². The van der Waals surface area contributed by atoms with Gasteiger partial charge in [0, 0.05) is 61.0 Å². The number of amides is 2. The maximum absolute atomic E-state index is 14.5. The topological polar surface area (TPSA) is 193 Å². The van der Waals surface area contributed by atoms with E-state index in [9.17, 15) is 33.3 Å². The van der Waals surface area contributed by atoms with Crippen LogP contribution < -0.4 is 25.0 Å². The summed E-state index contributed by atoms with van der Waals surface area (Å²) in [5.74, 6) is 0.134. The third-order valence-electron chi connectivity index (χ3n) is 13.6. The molecule has 0 bridgehead atoms. The maximum atomic E-state index is 14.5. The number of anilines is 1. The number of likely N-dealkylation sites (N-methyl/N-ethyl adjacent to an activating group) is 2. The van der Waals surface area contributed by atoms with E-state index >= 15 is 0 Å². The van der Waals surface area contributed by atoms with Gasteiger partial charge in [0.1, 0.15) is 17.9 Å². The van der Waals surface area contributed by atoms with E-state index in [0.717, 1.165) is 12.7 Å². The van der Waals surface area contributed by atoms with Crippen LogP contribution in [0.5, 0.6) is 5.75 Å². The van der Waals surface area contributed by atoms with Crippen molar-refractivity contribution < 1.29 is 42.9 Å². The summed E-state index contributed by atoms with van der Waals surface area (Å²) >= 11 is 0. The number of aliphatic hydroxyl groups excluding tert-OH is 3. The number of benzene rings is 2. The zero-order chi connectivity index (χ0) is 46.4. The molecule has 15 nitrogen and oxygen atoms in total. The first-order chi connectivity index (χ1) is 29.7. The first-order valence-corrected chi connectivity index (χ1v) is 24.0. The predicted octanol–water partition coefficient (Wildman–Crippen LogP) is 3.41. The van der Waals surface area contributed by atoms with Gasteiger partial charge in [-0.3, -0.25) is 14.4 Å². The van der Waals surface area contributed by atoms with Crippen LogP contribution in [0.2, 0.25) is 0 Å². The van der Waals surface area contributed by atoms with E-state index in [0.29, 0.717) is 65.0 Å². The Balaban J connectivity index is 1.49. The molecule has 2 aliphatic carbocycles. The second-order valence-electron chi connectivity index (χ2n) is 18.8. The lowest BCUT2D eigenvalue weighted by Gasteiger charge is -2.53. The maximum Gasteiger partial charge on any atom is 0.251 e. The minimum Gasteiger partial charge on any atom is -0.496 e. The summed E-state index contributed by atoms with van der Waals surface area (Å²) in [6.45, 7) is 11.2. The third-order valence-corrected chi connectivity index (χ3v) is 14.3. The molecule has 2 amide bonds. The van der Waals surface area contributed by atoms with Crippen molar-refractivity contribution in [3.63, 3.8) is 0 Å². The Morgan fingerprint density at radius 2 is 1.83 bits per heavy atom. The van der Waals surface area contributed by atoms with E-state index in [4.69, 9.17) is 9.57 Å². The molecule has 0 radical (unpaired) electrons. The number of hydrogen-bond acceptors (Lipinski definition) is 12. The van der Waals surface area contributed by atoms with E-state index in [1.807, 2.05) is 79.5 Å². The van der Waals surface area contributed by atoms with Gasteiger partial charge in [0.05, 0.1) is 45.3 Å². The monoisotopic (exact) mass is 897 g/mol. The lowest BCUT2D eigenvalue weighted by molar-refractivity contribution is -0.182. The number of para-hydroxylation sites is 1. The van der Waals surface area contributed by atoms with Gasteiger partial charge in [-0.2, -0.15) is 5.06 Å². The molecule has 1 saturated heterocycles. The summed E-state index contributed by atoms with van der Waals surface area (Å²) in [5.41, 5.74) is 3.06. The van der Waals surface area contributed by atoms with Crippen molar-refractivity contribution >= 4 is 27.5 Å². The molecule has 3 aliphatic rings. The van der Waals surface area contributed by atoms with Crippen molar-refractivity contribution in [1.82, 2.24) is 25.3 Å². The van der Waals surface area contributed by atoms with Crippen LogP contribution in [0.3, 0.4) is 0 Å². The number of nitrogens with zero attached hydrogens (tertiary/aromatic N) is 3. The molecule has 16 heteroatoms. The van der Waals surface area contributed by atoms with E-state index in [1.54, 1.807) is 26.2 Å². The Bertz CT molecular complexity index is 2060. The van der Waals surface area contributed by atoms with E-state index < -0.39 is 58.8 Å². The summed E-state index contributed by atoms with van der Waals surface area (Å²) in [6.07, 6.45) is 8.75. The summed E-state index contributed by atoms with van der Waals surface area (Å²) < 4.78 is 34.3. The lowest BCUT2D eigenvalue weighted by atomic mass is 9.52. The molecule has 350 valence electrons. The molecular formula is C47H72N6O9S. The average molecular weight is 897 g/mol. The number of allylic oxidation sites excluding steroid dienone is 3. The number of hydroxylamine groups is 2. The molecular weight excluding hydrogens is 825 g/mol. The quantitative estimate of drug-likeness (QED) is 0.107. The average Bonchev–Trinajstić information content (AvgIpc) is 3.61. The smallest absolute Gasteiger partial charge is 0.251 e. The molecule has 1 heterocycles. The summed E-state index contributed by atoms with van der Waals surface area (Å²) in [5, 5.41) is 39.1.